The van der Waals surface area contributed by atoms with Gasteiger partial charge >= 0.3 is 0 Å². The fraction of sp³-hybridized carbons (Fsp3) is 0.188. The molecule has 1 unspecified atom stereocenters. The van der Waals surface area contributed by atoms with E-state index in [1.807, 2.05) is 54.6 Å². The summed E-state index contributed by atoms with van der Waals surface area (Å²) in [6, 6.07) is 17.3. The van der Waals surface area contributed by atoms with E-state index in [9.17, 15) is 4.79 Å². The van der Waals surface area contributed by atoms with Crippen molar-refractivity contribution in [2.24, 2.45) is 0 Å². The van der Waals surface area contributed by atoms with E-state index in [-0.39, 0.29) is 11.2 Å². The second kappa shape index (κ2) is 7.36. The van der Waals surface area contributed by atoms with Gasteiger partial charge in [-0.05, 0) is 29.7 Å². The third kappa shape index (κ3) is 4.58. The molecule has 0 fully saturated rings. The number of rotatable bonds is 5. The lowest BCUT2D eigenvalue weighted by Gasteiger charge is -2.11. The topological polar surface area (TPSA) is 29.1 Å². The number of nitrogens with one attached hydrogen (secondary N) is 1. The standard InChI is InChI=1S/C16H16ClNOS/c17-14-8-6-13(7-9-14)11-18-16(19)15(20)10-12-4-2-1-3-5-12/h1-9,15,20H,10-11H2,(H,18,19). The van der Waals surface area contributed by atoms with Crippen LogP contribution in [0.3, 0.4) is 0 Å². The normalized spacial score (nSPS) is 11.9. The lowest BCUT2D eigenvalue weighted by Crippen LogP contribution is -2.32. The Bertz CT molecular complexity index is 556. The van der Waals surface area contributed by atoms with Crippen LogP contribution in [0.4, 0.5) is 0 Å². The number of hydrogen-bond acceptors (Lipinski definition) is 2. The summed E-state index contributed by atoms with van der Waals surface area (Å²) in [6.07, 6.45) is 0.621. The summed E-state index contributed by atoms with van der Waals surface area (Å²) in [5.41, 5.74) is 2.12. The van der Waals surface area contributed by atoms with Gasteiger partial charge in [-0.15, -0.1) is 0 Å². The minimum Gasteiger partial charge on any atom is -0.351 e. The smallest absolute Gasteiger partial charge is 0.233 e. The van der Waals surface area contributed by atoms with Crippen LogP contribution in [0, 0.1) is 0 Å². The maximum Gasteiger partial charge on any atom is 0.233 e. The van der Waals surface area contributed by atoms with Crippen molar-refractivity contribution in [2.45, 2.75) is 18.2 Å². The predicted octanol–water partition coefficient (Wildman–Crippen LogP) is 3.50. The van der Waals surface area contributed by atoms with E-state index in [1.54, 1.807) is 0 Å². The third-order valence-corrected chi connectivity index (χ3v) is 3.62. The van der Waals surface area contributed by atoms with Gasteiger partial charge < -0.3 is 5.32 Å². The zero-order valence-corrected chi connectivity index (χ0v) is 12.6. The van der Waals surface area contributed by atoms with Gasteiger partial charge in [-0.2, -0.15) is 12.6 Å². The van der Waals surface area contributed by atoms with Crippen LogP contribution in [0.2, 0.25) is 5.02 Å². The van der Waals surface area contributed by atoms with Crippen molar-refractivity contribution in [3.8, 4) is 0 Å². The number of hydrogen-bond donors (Lipinski definition) is 2. The van der Waals surface area contributed by atoms with Crippen molar-refractivity contribution in [3.63, 3.8) is 0 Å². The molecule has 0 aliphatic heterocycles. The molecule has 0 aliphatic carbocycles. The van der Waals surface area contributed by atoms with Crippen molar-refractivity contribution in [1.82, 2.24) is 5.32 Å². The molecule has 104 valence electrons. The number of benzene rings is 2. The lowest BCUT2D eigenvalue weighted by molar-refractivity contribution is -0.120. The average molecular weight is 306 g/mol. The molecule has 2 rings (SSSR count). The molecule has 4 heteroatoms. The molecule has 0 bridgehead atoms. The van der Waals surface area contributed by atoms with Crippen LogP contribution in [0.15, 0.2) is 54.6 Å². The fourth-order valence-electron chi connectivity index (χ4n) is 1.84. The van der Waals surface area contributed by atoms with Gasteiger partial charge in [-0.25, -0.2) is 0 Å². The summed E-state index contributed by atoms with van der Waals surface area (Å²) in [5, 5.41) is 3.23. The first-order valence-corrected chi connectivity index (χ1v) is 7.29. The summed E-state index contributed by atoms with van der Waals surface area (Å²) in [5.74, 6) is -0.0628. The number of carbonyl (C=O) groups is 1. The molecule has 20 heavy (non-hydrogen) atoms. The monoisotopic (exact) mass is 305 g/mol. The van der Waals surface area contributed by atoms with Crippen molar-refractivity contribution in [2.75, 3.05) is 0 Å². The number of carbonyl (C=O) groups excluding carboxylic acids is 1. The minimum absolute atomic E-state index is 0.0628. The van der Waals surface area contributed by atoms with Crippen LogP contribution >= 0.6 is 24.2 Å². The van der Waals surface area contributed by atoms with Crippen molar-refractivity contribution >= 4 is 30.1 Å². The molecule has 2 nitrogen and oxygen atoms in total. The van der Waals surface area contributed by atoms with E-state index < -0.39 is 0 Å². The van der Waals surface area contributed by atoms with Gasteiger partial charge in [0.15, 0.2) is 0 Å². The molecule has 2 aromatic carbocycles. The SMILES string of the molecule is O=C(NCc1ccc(Cl)cc1)C(S)Cc1ccccc1. The molecule has 0 aliphatic rings. The Kier molecular flexibility index (Phi) is 5.50. The molecule has 0 radical (unpaired) electrons. The van der Waals surface area contributed by atoms with Gasteiger partial charge in [-0.1, -0.05) is 54.1 Å². The molecule has 1 amide bonds. The van der Waals surface area contributed by atoms with Gasteiger partial charge in [0.05, 0.1) is 5.25 Å². The van der Waals surface area contributed by atoms with Gasteiger partial charge in [0.2, 0.25) is 5.91 Å². The number of thiol groups is 1. The third-order valence-electron chi connectivity index (χ3n) is 2.95. The molecule has 1 N–H and O–H groups in total. The largest absolute Gasteiger partial charge is 0.351 e. The Morgan fingerprint density at radius 2 is 1.70 bits per heavy atom. The van der Waals surface area contributed by atoms with E-state index in [0.717, 1.165) is 11.1 Å². The molecule has 1 atom stereocenters. The zero-order chi connectivity index (χ0) is 14.4. The highest BCUT2D eigenvalue weighted by Crippen LogP contribution is 2.10. The average Bonchev–Trinajstić information content (AvgIpc) is 2.47. The maximum absolute atomic E-state index is 12.0. The molecule has 0 spiro atoms. The van der Waals surface area contributed by atoms with Crippen LogP contribution in [0.5, 0.6) is 0 Å². The fourth-order valence-corrected chi connectivity index (χ4v) is 2.27. The van der Waals surface area contributed by atoms with Crippen LogP contribution in [0.1, 0.15) is 11.1 Å². The highest BCUT2D eigenvalue weighted by Gasteiger charge is 2.13. The lowest BCUT2D eigenvalue weighted by atomic mass is 10.1. The summed E-state index contributed by atoms with van der Waals surface area (Å²) in [6.45, 7) is 0.488. The second-order valence-corrected chi connectivity index (χ2v) is 5.61. The molecule has 0 saturated heterocycles. The second-order valence-electron chi connectivity index (χ2n) is 4.55. The Balaban J connectivity index is 1.83. The van der Waals surface area contributed by atoms with Crippen LogP contribution in [0.25, 0.3) is 0 Å². The summed E-state index contributed by atoms with van der Waals surface area (Å²) in [4.78, 5) is 12.0. The Hall–Kier alpha value is -1.45. The quantitative estimate of drug-likeness (QED) is 0.813. The minimum atomic E-state index is -0.343. The van der Waals surface area contributed by atoms with E-state index in [2.05, 4.69) is 17.9 Å². The molecule has 0 heterocycles. The van der Waals surface area contributed by atoms with Gasteiger partial charge in [-0.3, -0.25) is 4.79 Å². The van der Waals surface area contributed by atoms with Crippen LogP contribution < -0.4 is 5.32 Å². The molecular weight excluding hydrogens is 290 g/mol. The van der Waals surface area contributed by atoms with Gasteiger partial charge in [0, 0.05) is 11.6 Å². The number of halogens is 1. The zero-order valence-electron chi connectivity index (χ0n) is 10.9. The summed E-state index contributed by atoms with van der Waals surface area (Å²) < 4.78 is 0. The van der Waals surface area contributed by atoms with E-state index in [4.69, 9.17) is 11.6 Å². The van der Waals surface area contributed by atoms with Gasteiger partial charge in [0.25, 0.3) is 0 Å². The Morgan fingerprint density at radius 3 is 2.35 bits per heavy atom. The Labute approximate surface area is 129 Å². The maximum atomic E-state index is 12.0. The molecule has 0 aromatic heterocycles. The highest BCUT2D eigenvalue weighted by atomic mass is 35.5. The predicted molar refractivity (Wildman–Crippen MR) is 86.2 cm³/mol. The molecule has 2 aromatic rings. The number of amides is 1. The molecule has 0 saturated carbocycles. The van der Waals surface area contributed by atoms with Crippen LogP contribution in [-0.4, -0.2) is 11.2 Å². The molecular formula is C16H16ClNOS. The van der Waals surface area contributed by atoms with Crippen LogP contribution in [-0.2, 0) is 17.8 Å². The first-order valence-electron chi connectivity index (χ1n) is 6.39. The van der Waals surface area contributed by atoms with E-state index in [1.165, 1.54) is 0 Å². The Morgan fingerprint density at radius 1 is 1.05 bits per heavy atom. The van der Waals surface area contributed by atoms with Gasteiger partial charge in [0.1, 0.15) is 0 Å². The summed E-state index contributed by atoms with van der Waals surface area (Å²) >= 11 is 10.2. The van der Waals surface area contributed by atoms with E-state index >= 15 is 0 Å². The highest BCUT2D eigenvalue weighted by molar-refractivity contribution is 7.81. The van der Waals surface area contributed by atoms with Crippen molar-refractivity contribution in [1.29, 1.82) is 0 Å². The first-order chi connectivity index (χ1) is 9.65. The summed E-state index contributed by atoms with van der Waals surface area (Å²) in [7, 11) is 0. The van der Waals surface area contributed by atoms with Crippen molar-refractivity contribution < 1.29 is 4.79 Å². The first kappa shape index (κ1) is 14.9. The van der Waals surface area contributed by atoms with Crippen molar-refractivity contribution in [3.05, 3.63) is 70.7 Å². The van der Waals surface area contributed by atoms with E-state index in [0.29, 0.717) is 18.0 Å².